The largest absolute Gasteiger partial charge is 0.612 e. The van der Waals surface area contributed by atoms with E-state index in [9.17, 15) is 9.35 Å². The molecule has 0 aromatic heterocycles. The Morgan fingerprint density at radius 1 is 1.56 bits per heavy atom. The average molecular weight is 267 g/mol. The lowest BCUT2D eigenvalue weighted by Gasteiger charge is -2.07. The van der Waals surface area contributed by atoms with Gasteiger partial charge < -0.3 is 19.9 Å². The Hall–Kier alpha value is -0.470. The molecule has 0 aromatic carbocycles. The lowest BCUT2D eigenvalue weighted by atomic mass is 10.4. The third-order valence-electron chi connectivity index (χ3n) is 1.15. The van der Waals surface area contributed by atoms with Gasteiger partial charge in [-0.15, -0.1) is 0 Å². The summed E-state index contributed by atoms with van der Waals surface area (Å²) < 4.78 is 18.7. The molecule has 0 aliphatic heterocycles. The first-order valence-corrected chi connectivity index (χ1v) is 6.61. The van der Waals surface area contributed by atoms with Gasteiger partial charge in [-0.3, -0.25) is 4.79 Å². The van der Waals surface area contributed by atoms with E-state index in [1.54, 1.807) is 24.5 Å². The summed E-state index contributed by atoms with van der Waals surface area (Å²) in [6.45, 7) is 3.56. The SMILES string of the molecule is CC=CSO.CC=C[S+]([O-])C[C@H](N)C(=O)O. The van der Waals surface area contributed by atoms with Crippen LogP contribution in [0.2, 0.25) is 0 Å². The number of carboxylic acids is 1. The summed E-state index contributed by atoms with van der Waals surface area (Å²) in [5.41, 5.74) is 5.12. The number of hydrogen-bond acceptors (Lipinski definition) is 5. The molecule has 0 aliphatic carbocycles. The van der Waals surface area contributed by atoms with Crippen molar-refractivity contribution in [2.75, 3.05) is 5.75 Å². The van der Waals surface area contributed by atoms with Crippen molar-refractivity contribution in [3.8, 4) is 0 Å². The number of hydrogen-bond donors (Lipinski definition) is 3. The molecule has 0 rings (SSSR count). The number of carbonyl (C=O) groups is 1. The Labute approximate surface area is 103 Å². The van der Waals surface area contributed by atoms with Crippen LogP contribution in [0, 0.1) is 0 Å². The molecule has 0 aromatic rings. The zero-order valence-electron chi connectivity index (χ0n) is 9.20. The zero-order chi connectivity index (χ0) is 13.0. The van der Waals surface area contributed by atoms with Crippen molar-refractivity contribution in [3.05, 3.63) is 23.0 Å². The molecule has 1 unspecified atom stereocenters. The van der Waals surface area contributed by atoms with E-state index in [1.165, 1.54) is 5.41 Å². The minimum atomic E-state index is -1.26. The Kier molecular flexibility index (Phi) is 14.1. The van der Waals surface area contributed by atoms with Crippen LogP contribution in [-0.4, -0.2) is 32.0 Å². The van der Waals surface area contributed by atoms with Crippen molar-refractivity contribution < 1.29 is 19.0 Å². The Bertz CT molecular complexity index is 234. The maximum atomic E-state index is 10.8. The molecule has 7 heteroatoms. The van der Waals surface area contributed by atoms with Gasteiger partial charge in [-0.25, -0.2) is 0 Å². The number of allylic oxidation sites excluding steroid dienone is 2. The fourth-order valence-corrected chi connectivity index (χ4v) is 1.55. The van der Waals surface area contributed by atoms with Crippen LogP contribution in [0.4, 0.5) is 0 Å². The van der Waals surface area contributed by atoms with Gasteiger partial charge in [-0.2, -0.15) is 0 Å². The molecule has 0 saturated heterocycles. The molecule has 2 atom stereocenters. The summed E-state index contributed by atoms with van der Waals surface area (Å²) in [6.07, 6.45) is 3.37. The molecule has 5 nitrogen and oxygen atoms in total. The van der Waals surface area contributed by atoms with Gasteiger partial charge in [0.25, 0.3) is 0 Å². The normalized spacial score (nSPS) is 14.6. The first kappa shape index (κ1) is 17.9. The van der Waals surface area contributed by atoms with Gasteiger partial charge in [0.1, 0.15) is 17.2 Å². The van der Waals surface area contributed by atoms with Crippen molar-refractivity contribution in [2.24, 2.45) is 5.73 Å². The van der Waals surface area contributed by atoms with Gasteiger partial charge in [-0.05, 0) is 36.5 Å². The van der Waals surface area contributed by atoms with E-state index in [4.69, 9.17) is 15.4 Å². The van der Waals surface area contributed by atoms with Crippen molar-refractivity contribution in [2.45, 2.75) is 19.9 Å². The molecule has 0 spiro atoms. The van der Waals surface area contributed by atoms with Gasteiger partial charge in [0.15, 0.2) is 0 Å². The average Bonchev–Trinajstić information content (AvgIpc) is 2.20. The lowest BCUT2D eigenvalue weighted by Crippen LogP contribution is -2.36. The molecule has 0 amide bonds. The molecular formula is C9H17NO4S2. The second kappa shape index (κ2) is 12.6. The lowest BCUT2D eigenvalue weighted by molar-refractivity contribution is -0.137. The highest BCUT2D eigenvalue weighted by molar-refractivity contribution is 7.96. The Balaban J connectivity index is 0. The van der Waals surface area contributed by atoms with Crippen LogP contribution in [0.3, 0.4) is 0 Å². The van der Waals surface area contributed by atoms with Gasteiger partial charge in [0, 0.05) is 12.0 Å². The fraction of sp³-hybridized carbons (Fsp3) is 0.444. The first-order chi connectivity index (χ1) is 7.49. The molecule has 4 N–H and O–H groups in total. The molecule has 0 heterocycles. The molecule has 0 aliphatic rings. The summed E-state index contributed by atoms with van der Waals surface area (Å²) in [7, 11) is 0. The summed E-state index contributed by atoms with van der Waals surface area (Å²) in [5.74, 6) is -1.15. The minimum absolute atomic E-state index is 0.0281. The highest BCUT2D eigenvalue weighted by Gasteiger charge is 2.17. The van der Waals surface area contributed by atoms with Crippen molar-refractivity contribution in [1.29, 1.82) is 0 Å². The van der Waals surface area contributed by atoms with E-state index in [0.717, 1.165) is 12.0 Å². The topological polar surface area (TPSA) is 107 Å². The standard InChI is InChI=1S/C6H11NO3S.C3H6OS/c1-2-3-11(10)4-5(7)6(8)9;1-2-3-5-4/h2-3,5H,4,7H2,1H3,(H,8,9);2-4H,1H3/t5-,11?;/m0./s1. The first-order valence-electron chi connectivity index (χ1n) is 4.39. The van der Waals surface area contributed by atoms with E-state index in [-0.39, 0.29) is 5.75 Å². The third-order valence-corrected chi connectivity index (χ3v) is 2.80. The summed E-state index contributed by atoms with van der Waals surface area (Å²) in [6, 6.07) is -1.04. The predicted molar refractivity (Wildman–Crippen MR) is 68.5 cm³/mol. The Morgan fingerprint density at radius 2 is 2.12 bits per heavy atom. The molecule has 0 fully saturated rings. The number of aliphatic carboxylic acids is 1. The van der Waals surface area contributed by atoms with Crippen molar-refractivity contribution >= 4 is 29.2 Å². The van der Waals surface area contributed by atoms with Crippen LogP contribution in [0.1, 0.15) is 13.8 Å². The van der Waals surface area contributed by atoms with Crippen LogP contribution in [0.25, 0.3) is 0 Å². The van der Waals surface area contributed by atoms with Crippen LogP contribution < -0.4 is 5.73 Å². The highest BCUT2D eigenvalue weighted by Crippen LogP contribution is 1.95. The quantitative estimate of drug-likeness (QED) is 0.513. The maximum absolute atomic E-state index is 10.8. The number of rotatable bonds is 5. The van der Waals surface area contributed by atoms with E-state index in [2.05, 4.69) is 0 Å². The summed E-state index contributed by atoms with van der Waals surface area (Å²) >= 11 is -0.536. The molecule has 16 heavy (non-hydrogen) atoms. The molecule has 0 saturated carbocycles. The highest BCUT2D eigenvalue weighted by atomic mass is 32.2. The third kappa shape index (κ3) is 13.5. The number of nitrogens with two attached hydrogens (primary N) is 1. The zero-order valence-corrected chi connectivity index (χ0v) is 10.8. The van der Waals surface area contributed by atoms with Crippen molar-refractivity contribution in [1.82, 2.24) is 0 Å². The summed E-state index contributed by atoms with van der Waals surface area (Å²) in [5, 5.41) is 11.3. The van der Waals surface area contributed by atoms with Gasteiger partial charge >= 0.3 is 5.97 Å². The molecule has 0 radical (unpaired) electrons. The van der Waals surface area contributed by atoms with Gasteiger partial charge in [0.05, 0.1) is 0 Å². The van der Waals surface area contributed by atoms with Crippen LogP contribution in [-0.2, 0) is 16.0 Å². The van der Waals surface area contributed by atoms with E-state index >= 15 is 0 Å². The summed E-state index contributed by atoms with van der Waals surface area (Å²) in [4.78, 5) is 10.2. The van der Waals surface area contributed by atoms with Gasteiger partial charge in [-0.1, -0.05) is 6.08 Å². The minimum Gasteiger partial charge on any atom is -0.612 e. The smallest absolute Gasteiger partial charge is 0.325 e. The molecule has 94 valence electrons. The monoisotopic (exact) mass is 267 g/mol. The predicted octanol–water partition coefficient (Wildman–Crippen LogP) is 1.41. The van der Waals surface area contributed by atoms with Crippen LogP contribution in [0.15, 0.2) is 23.0 Å². The van der Waals surface area contributed by atoms with E-state index in [0.29, 0.717) is 0 Å². The molecule has 0 bridgehead atoms. The van der Waals surface area contributed by atoms with E-state index < -0.39 is 23.2 Å². The second-order valence-corrected chi connectivity index (χ2v) is 4.39. The second-order valence-electron chi connectivity index (χ2n) is 2.54. The fourth-order valence-electron chi connectivity index (χ4n) is 0.516. The van der Waals surface area contributed by atoms with Crippen molar-refractivity contribution in [3.63, 3.8) is 0 Å². The Morgan fingerprint density at radius 3 is 2.38 bits per heavy atom. The molecular weight excluding hydrogens is 250 g/mol. The van der Waals surface area contributed by atoms with E-state index in [1.807, 2.05) is 6.92 Å². The van der Waals surface area contributed by atoms with Gasteiger partial charge in [0.2, 0.25) is 0 Å². The van der Waals surface area contributed by atoms with Crippen LogP contribution in [0.5, 0.6) is 0 Å². The maximum Gasteiger partial charge on any atom is 0.325 e. The van der Waals surface area contributed by atoms with Crippen LogP contribution >= 0.6 is 12.0 Å². The number of carboxylic acid groups (broad SMARTS) is 1.